The standard InChI is InChI=1S/C4H9N3O2/c1-2-7-3(5)9-4(6)8/h2H2,1H3,(H2,5,7)(H2,6,8). The van der Waals surface area contributed by atoms with Crippen molar-refractivity contribution in [3.05, 3.63) is 0 Å². The number of aliphatic imine (C=N–C) groups is 1. The van der Waals surface area contributed by atoms with Gasteiger partial charge < -0.3 is 16.2 Å². The molecule has 5 nitrogen and oxygen atoms in total. The number of carbonyl (C=O) groups is 1. The molecule has 5 heteroatoms. The average molecular weight is 131 g/mol. The fourth-order valence-electron chi connectivity index (χ4n) is 0.291. The summed E-state index contributed by atoms with van der Waals surface area (Å²) in [5.41, 5.74) is 9.61. The third-order valence-electron chi connectivity index (χ3n) is 0.519. The molecule has 0 bridgehead atoms. The van der Waals surface area contributed by atoms with Crippen molar-refractivity contribution in [2.24, 2.45) is 16.5 Å². The van der Waals surface area contributed by atoms with Gasteiger partial charge in [-0.25, -0.2) is 9.79 Å². The molecule has 0 spiro atoms. The third kappa shape index (κ3) is 4.60. The smallest absolute Gasteiger partial charge is 0.376 e. The first-order valence-corrected chi connectivity index (χ1v) is 2.44. The molecule has 4 N–H and O–H groups in total. The molecule has 0 rings (SSSR count). The van der Waals surface area contributed by atoms with Crippen molar-refractivity contribution < 1.29 is 9.53 Å². The van der Waals surface area contributed by atoms with E-state index in [0.29, 0.717) is 6.54 Å². The van der Waals surface area contributed by atoms with E-state index in [1.807, 2.05) is 0 Å². The number of ether oxygens (including phenoxy) is 1. The maximum Gasteiger partial charge on any atom is 0.412 e. The molecule has 0 fully saturated rings. The molecule has 0 radical (unpaired) electrons. The number of nitrogens with two attached hydrogens (primary N) is 2. The highest BCUT2D eigenvalue weighted by molar-refractivity contribution is 5.84. The Morgan fingerprint density at radius 1 is 1.67 bits per heavy atom. The number of hydrogen-bond acceptors (Lipinski definition) is 3. The van der Waals surface area contributed by atoms with Crippen LogP contribution >= 0.6 is 0 Å². The van der Waals surface area contributed by atoms with Crippen molar-refractivity contribution in [3.63, 3.8) is 0 Å². The van der Waals surface area contributed by atoms with Crippen LogP contribution < -0.4 is 11.5 Å². The van der Waals surface area contributed by atoms with Crippen molar-refractivity contribution in [1.29, 1.82) is 0 Å². The van der Waals surface area contributed by atoms with Gasteiger partial charge in [-0.1, -0.05) is 0 Å². The maximum atomic E-state index is 9.92. The Kier molecular flexibility index (Phi) is 3.19. The molecule has 0 aliphatic heterocycles. The van der Waals surface area contributed by atoms with Crippen molar-refractivity contribution in [2.45, 2.75) is 6.92 Å². The van der Waals surface area contributed by atoms with Crippen LogP contribution in [-0.2, 0) is 4.74 Å². The number of hydrogen-bond donors (Lipinski definition) is 2. The van der Waals surface area contributed by atoms with Crippen molar-refractivity contribution in [1.82, 2.24) is 0 Å². The Hall–Kier alpha value is -1.26. The molecule has 0 aromatic heterocycles. The van der Waals surface area contributed by atoms with E-state index in [-0.39, 0.29) is 6.02 Å². The average Bonchev–Trinajstić information content (AvgIpc) is 1.63. The summed E-state index contributed by atoms with van der Waals surface area (Å²) in [7, 11) is 0. The van der Waals surface area contributed by atoms with Crippen LogP contribution in [0.3, 0.4) is 0 Å². The Morgan fingerprint density at radius 2 is 2.22 bits per heavy atom. The van der Waals surface area contributed by atoms with E-state index in [4.69, 9.17) is 5.73 Å². The fourth-order valence-corrected chi connectivity index (χ4v) is 0.291. The van der Waals surface area contributed by atoms with Crippen LogP contribution in [0.1, 0.15) is 6.92 Å². The van der Waals surface area contributed by atoms with Crippen molar-refractivity contribution in [3.8, 4) is 0 Å². The summed E-state index contributed by atoms with van der Waals surface area (Å²) in [6.07, 6.45) is -0.940. The Labute approximate surface area is 52.7 Å². The van der Waals surface area contributed by atoms with E-state index < -0.39 is 6.09 Å². The second-order valence-electron chi connectivity index (χ2n) is 1.23. The molecule has 52 valence electrons. The monoisotopic (exact) mass is 131 g/mol. The summed E-state index contributed by atoms with van der Waals surface area (Å²) >= 11 is 0. The lowest BCUT2D eigenvalue weighted by atomic mass is 10.8. The number of amidine groups is 1. The lowest BCUT2D eigenvalue weighted by molar-refractivity contribution is 0.207. The number of rotatable bonds is 1. The van der Waals surface area contributed by atoms with Crippen molar-refractivity contribution in [2.75, 3.05) is 6.54 Å². The predicted octanol–water partition coefficient (Wildman–Crippen LogP) is -0.584. The maximum absolute atomic E-state index is 9.92. The van der Waals surface area contributed by atoms with Gasteiger partial charge in [-0.15, -0.1) is 0 Å². The van der Waals surface area contributed by atoms with Crippen LogP contribution in [0.2, 0.25) is 0 Å². The topological polar surface area (TPSA) is 90.7 Å². The largest absolute Gasteiger partial charge is 0.412 e. The molecule has 0 atom stereocenters. The fraction of sp³-hybridized carbons (Fsp3) is 0.500. The summed E-state index contributed by atoms with van der Waals surface area (Å²) in [6, 6.07) is -0.190. The number of nitrogens with zero attached hydrogens (tertiary/aromatic N) is 1. The molecule has 0 aliphatic carbocycles. The van der Waals surface area contributed by atoms with Gasteiger partial charge in [-0.2, -0.15) is 0 Å². The minimum atomic E-state index is -0.940. The van der Waals surface area contributed by atoms with Gasteiger partial charge in [0.15, 0.2) is 0 Å². The zero-order valence-electron chi connectivity index (χ0n) is 5.13. The molecule has 0 saturated heterocycles. The minimum absolute atomic E-state index is 0.190. The first kappa shape index (κ1) is 7.74. The molecule has 0 heterocycles. The molecule has 0 aromatic carbocycles. The first-order chi connectivity index (χ1) is 4.16. The molecule has 9 heavy (non-hydrogen) atoms. The van der Waals surface area contributed by atoms with Gasteiger partial charge >= 0.3 is 6.09 Å². The summed E-state index contributed by atoms with van der Waals surface area (Å²) in [5.74, 6) is 0. The van der Waals surface area contributed by atoms with Crippen LogP contribution in [0, 0.1) is 0 Å². The van der Waals surface area contributed by atoms with Crippen molar-refractivity contribution >= 4 is 12.1 Å². The van der Waals surface area contributed by atoms with Gasteiger partial charge in [-0.3, -0.25) is 0 Å². The Bertz CT molecular complexity index is 132. The summed E-state index contributed by atoms with van der Waals surface area (Å²) in [5, 5.41) is 0. The number of primary amides is 1. The van der Waals surface area contributed by atoms with E-state index in [1.165, 1.54) is 0 Å². The van der Waals surface area contributed by atoms with E-state index in [9.17, 15) is 4.79 Å². The molecule has 0 saturated carbocycles. The zero-order chi connectivity index (χ0) is 7.28. The molecular formula is C4H9N3O2. The lowest BCUT2D eigenvalue weighted by Crippen LogP contribution is -2.24. The van der Waals surface area contributed by atoms with Gasteiger partial charge in [0.1, 0.15) is 0 Å². The van der Waals surface area contributed by atoms with Crippen LogP contribution in [0.5, 0.6) is 0 Å². The molecular weight excluding hydrogens is 122 g/mol. The Morgan fingerprint density at radius 3 is 2.56 bits per heavy atom. The predicted molar refractivity (Wildman–Crippen MR) is 32.8 cm³/mol. The highest BCUT2D eigenvalue weighted by atomic mass is 16.6. The van der Waals surface area contributed by atoms with Crippen LogP contribution in [-0.4, -0.2) is 18.7 Å². The van der Waals surface area contributed by atoms with Gasteiger partial charge in [0.25, 0.3) is 6.02 Å². The van der Waals surface area contributed by atoms with E-state index in [0.717, 1.165) is 0 Å². The minimum Gasteiger partial charge on any atom is -0.376 e. The van der Waals surface area contributed by atoms with Crippen LogP contribution in [0.25, 0.3) is 0 Å². The van der Waals surface area contributed by atoms with E-state index >= 15 is 0 Å². The van der Waals surface area contributed by atoms with Crippen LogP contribution in [0.15, 0.2) is 4.99 Å². The number of amides is 1. The lowest BCUT2D eigenvalue weighted by Gasteiger charge is -1.95. The SMILES string of the molecule is CCN=C(N)OC(N)=O. The second-order valence-corrected chi connectivity index (χ2v) is 1.23. The number of carbonyl (C=O) groups excluding carboxylic acids is 1. The highest BCUT2D eigenvalue weighted by Crippen LogP contribution is 1.74. The normalized spacial score (nSPS) is 11.0. The summed E-state index contributed by atoms with van der Waals surface area (Å²) < 4.78 is 4.16. The molecule has 0 aliphatic rings. The van der Waals surface area contributed by atoms with Gasteiger partial charge in [-0.05, 0) is 6.92 Å². The zero-order valence-corrected chi connectivity index (χ0v) is 5.13. The molecule has 0 unspecified atom stereocenters. The van der Waals surface area contributed by atoms with E-state index in [2.05, 4.69) is 15.5 Å². The highest BCUT2D eigenvalue weighted by Gasteiger charge is 1.94. The summed E-state index contributed by atoms with van der Waals surface area (Å²) in [6.45, 7) is 2.23. The Balaban J connectivity index is 3.62. The first-order valence-electron chi connectivity index (χ1n) is 2.44. The molecule has 1 amide bonds. The van der Waals surface area contributed by atoms with Crippen LogP contribution in [0.4, 0.5) is 4.79 Å². The second kappa shape index (κ2) is 3.71. The van der Waals surface area contributed by atoms with Gasteiger partial charge in [0, 0.05) is 6.54 Å². The van der Waals surface area contributed by atoms with Gasteiger partial charge in [0.05, 0.1) is 0 Å². The quantitative estimate of drug-likeness (QED) is 0.368. The molecule has 0 aromatic rings. The van der Waals surface area contributed by atoms with E-state index in [1.54, 1.807) is 6.92 Å². The summed E-state index contributed by atoms with van der Waals surface area (Å²) in [4.78, 5) is 13.5. The third-order valence-corrected chi connectivity index (χ3v) is 0.519. The van der Waals surface area contributed by atoms with Gasteiger partial charge in [0.2, 0.25) is 0 Å².